The molecule has 0 radical (unpaired) electrons. The highest BCUT2D eigenvalue weighted by Crippen LogP contribution is 2.29. The summed E-state index contributed by atoms with van der Waals surface area (Å²) in [5.41, 5.74) is 0.292. The molecule has 2 heterocycles. The second kappa shape index (κ2) is 5.90. The fourth-order valence-corrected chi connectivity index (χ4v) is 2.98. The molecule has 0 unspecified atom stereocenters. The molecule has 3 rings (SSSR count). The Labute approximate surface area is 139 Å². The summed E-state index contributed by atoms with van der Waals surface area (Å²) in [4.78, 5) is 17.7. The highest BCUT2D eigenvalue weighted by Gasteiger charge is 2.29. The minimum atomic E-state index is -4.38. The lowest BCUT2D eigenvalue weighted by atomic mass is 10.1. The Morgan fingerprint density at radius 1 is 1.17 bits per heavy atom. The molecular weight excluding hydrogens is 341 g/mol. The zero-order valence-electron chi connectivity index (χ0n) is 12.8. The van der Waals surface area contributed by atoms with Crippen LogP contribution in [-0.2, 0) is 12.7 Å². The van der Waals surface area contributed by atoms with Crippen molar-refractivity contribution in [2.24, 2.45) is 0 Å². The van der Waals surface area contributed by atoms with Gasteiger partial charge < -0.3 is 0 Å². The van der Waals surface area contributed by atoms with Gasteiger partial charge in [-0.3, -0.25) is 0 Å². The number of aryl methyl sites for hydroxylation is 2. The number of aromatic nitrogens is 4. The van der Waals surface area contributed by atoms with Crippen LogP contribution in [0.15, 0.2) is 35.4 Å². The van der Waals surface area contributed by atoms with Crippen LogP contribution in [0, 0.1) is 13.8 Å². The second-order valence-corrected chi connectivity index (χ2v) is 6.46. The Hall–Kier alpha value is -2.42. The molecule has 0 amide bonds. The van der Waals surface area contributed by atoms with E-state index in [1.54, 1.807) is 0 Å². The van der Waals surface area contributed by atoms with E-state index in [2.05, 4.69) is 10.1 Å². The third kappa shape index (κ3) is 3.12. The molecule has 0 saturated carbocycles. The molecule has 2 aromatic heterocycles. The predicted octanol–water partition coefficient (Wildman–Crippen LogP) is 3.17. The molecule has 0 bridgehead atoms. The van der Waals surface area contributed by atoms with Gasteiger partial charge in [0, 0.05) is 4.88 Å². The lowest BCUT2D eigenvalue weighted by molar-refractivity contribution is -0.137. The van der Waals surface area contributed by atoms with Crippen LogP contribution in [0.2, 0.25) is 0 Å². The SMILES string of the molecule is Cc1nc(-n2cnn(Cc3ccc(C(F)(F)F)cc3)c2=O)sc1C. The maximum absolute atomic E-state index is 12.6. The minimum absolute atomic E-state index is 0.0906. The molecule has 0 spiro atoms. The summed E-state index contributed by atoms with van der Waals surface area (Å²) in [6, 6.07) is 4.66. The first-order valence-electron chi connectivity index (χ1n) is 7.00. The molecule has 24 heavy (non-hydrogen) atoms. The molecule has 0 aliphatic carbocycles. The molecule has 0 fully saturated rings. The lowest BCUT2D eigenvalue weighted by Crippen LogP contribution is -2.24. The van der Waals surface area contributed by atoms with Gasteiger partial charge in [0.2, 0.25) is 0 Å². The molecule has 1 aromatic carbocycles. The molecule has 5 nitrogen and oxygen atoms in total. The fraction of sp³-hybridized carbons (Fsp3) is 0.267. The summed E-state index contributed by atoms with van der Waals surface area (Å²) in [5.74, 6) is 0. The van der Waals surface area contributed by atoms with Gasteiger partial charge in [0.1, 0.15) is 6.33 Å². The number of rotatable bonds is 3. The second-order valence-electron chi connectivity index (χ2n) is 5.27. The largest absolute Gasteiger partial charge is 0.416 e. The quantitative estimate of drug-likeness (QED) is 0.726. The van der Waals surface area contributed by atoms with Crippen molar-refractivity contribution in [3.63, 3.8) is 0 Å². The van der Waals surface area contributed by atoms with Crippen molar-refractivity contribution >= 4 is 11.3 Å². The van der Waals surface area contributed by atoms with E-state index >= 15 is 0 Å². The van der Waals surface area contributed by atoms with Crippen molar-refractivity contribution < 1.29 is 13.2 Å². The Morgan fingerprint density at radius 3 is 2.38 bits per heavy atom. The molecule has 3 aromatic rings. The molecule has 9 heteroatoms. The van der Waals surface area contributed by atoms with E-state index in [1.807, 2.05) is 13.8 Å². The first-order valence-corrected chi connectivity index (χ1v) is 7.82. The van der Waals surface area contributed by atoms with Gasteiger partial charge in [-0.05, 0) is 31.5 Å². The normalized spacial score (nSPS) is 11.9. The summed E-state index contributed by atoms with van der Waals surface area (Å²) in [5, 5.41) is 4.53. The summed E-state index contributed by atoms with van der Waals surface area (Å²) < 4.78 is 40.2. The van der Waals surface area contributed by atoms with Crippen LogP contribution in [0.25, 0.3) is 5.13 Å². The zero-order chi connectivity index (χ0) is 17.5. The minimum Gasteiger partial charge on any atom is -0.245 e. The lowest BCUT2D eigenvalue weighted by Gasteiger charge is -2.07. The Morgan fingerprint density at radius 2 is 1.83 bits per heavy atom. The van der Waals surface area contributed by atoms with Gasteiger partial charge in [-0.25, -0.2) is 19.0 Å². The van der Waals surface area contributed by atoms with Crippen LogP contribution in [-0.4, -0.2) is 19.3 Å². The van der Waals surface area contributed by atoms with E-state index in [0.29, 0.717) is 10.7 Å². The number of alkyl halides is 3. The molecular formula is C15H13F3N4OS. The number of benzene rings is 1. The van der Waals surface area contributed by atoms with Gasteiger partial charge >= 0.3 is 11.9 Å². The van der Waals surface area contributed by atoms with Crippen LogP contribution < -0.4 is 5.69 Å². The van der Waals surface area contributed by atoms with Crippen molar-refractivity contribution in [3.05, 3.63) is 62.8 Å². The fourth-order valence-electron chi connectivity index (χ4n) is 2.11. The van der Waals surface area contributed by atoms with Gasteiger partial charge in [-0.2, -0.15) is 18.3 Å². The van der Waals surface area contributed by atoms with Gasteiger partial charge in [-0.15, -0.1) is 11.3 Å². The van der Waals surface area contributed by atoms with Crippen molar-refractivity contribution in [3.8, 4) is 5.13 Å². The van der Waals surface area contributed by atoms with Crippen LogP contribution >= 0.6 is 11.3 Å². The van der Waals surface area contributed by atoms with E-state index in [4.69, 9.17) is 0 Å². The number of hydrogen-bond donors (Lipinski definition) is 0. The number of halogens is 3. The van der Waals surface area contributed by atoms with Crippen LogP contribution in [0.4, 0.5) is 13.2 Å². The average molecular weight is 354 g/mol. The maximum atomic E-state index is 12.6. The smallest absolute Gasteiger partial charge is 0.245 e. The molecule has 0 N–H and O–H groups in total. The van der Waals surface area contributed by atoms with E-state index in [9.17, 15) is 18.0 Å². The number of nitrogens with zero attached hydrogens (tertiary/aromatic N) is 4. The van der Waals surface area contributed by atoms with Crippen molar-refractivity contribution in [2.75, 3.05) is 0 Å². The number of thiazole rings is 1. The Balaban J connectivity index is 1.85. The van der Waals surface area contributed by atoms with Crippen molar-refractivity contribution in [2.45, 2.75) is 26.6 Å². The van der Waals surface area contributed by atoms with E-state index in [0.717, 1.165) is 22.7 Å². The summed E-state index contributed by atoms with van der Waals surface area (Å²) in [7, 11) is 0. The maximum Gasteiger partial charge on any atom is 0.416 e. The number of hydrogen-bond acceptors (Lipinski definition) is 4. The molecule has 0 saturated heterocycles. The highest BCUT2D eigenvalue weighted by atomic mass is 32.1. The summed E-state index contributed by atoms with van der Waals surface area (Å²) in [6.45, 7) is 3.86. The van der Waals surface area contributed by atoms with E-state index < -0.39 is 11.7 Å². The molecule has 0 aliphatic heterocycles. The Bertz CT molecular complexity index is 902. The topological polar surface area (TPSA) is 52.7 Å². The molecule has 126 valence electrons. The monoisotopic (exact) mass is 354 g/mol. The van der Waals surface area contributed by atoms with Gasteiger partial charge in [0.05, 0.1) is 17.8 Å². The Kier molecular flexibility index (Phi) is 4.04. The van der Waals surface area contributed by atoms with Gasteiger partial charge in [0.15, 0.2) is 5.13 Å². The van der Waals surface area contributed by atoms with Crippen LogP contribution in [0.5, 0.6) is 0 Å². The van der Waals surface area contributed by atoms with Crippen LogP contribution in [0.3, 0.4) is 0 Å². The third-order valence-electron chi connectivity index (χ3n) is 3.57. The van der Waals surface area contributed by atoms with E-state index in [1.165, 1.54) is 39.0 Å². The first kappa shape index (κ1) is 16.4. The van der Waals surface area contributed by atoms with Gasteiger partial charge in [0.25, 0.3) is 0 Å². The standard InChI is InChI=1S/C15H13F3N4OS/c1-9-10(2)24-13(20-9)21-8-19-22(14(21)23)7-11-3-5-12(6-4-11)15(16,17)18/h3-6,8H,7H2,1-2H3. The summed E-state index contributed by atoms with van der Waals surface area (Å²) >= 11 is 1.38. The van der Waals surface area contributed by atoms with Crippen molar-refractivity contribution in [1.82, 2.24) is 19.3 Å². The van der Waals surface area contributed by atoms with Crippen molar-refractivity contribution in [1.29, 1.82) is 0 Å². The van der Waals surface area contributed by atoms with E-state index in [-0.39, 0.29) is 12.2 Å². The van der Waals surface area contributed by atoms with Gasteiger partial charge in [-0.1, -0.05) is 12.1 Å². The third-order valence-corrected chi connectivity index (χ3v) is 4.64. The first-order chi connectivity index (χ1) is 11.3. The molecule has 0 atom stereocenters. The average Bonchev–Trinajstić information content (AvgIpc) is 3.03. The predicted molar refractivity (Wildman–Crippen MR) is 83.5 cm³/mol. The summed E-state index contributed by atoms with van der Waals surface area (Å²) in [6.07, 6.45) is -3.01. The zero-order valence-corrected chi connectivity index (χ0v) is 13.6. The highest BCUT2D eigenvalue weighted by molar-refractivity contribution is 7.14. The molecule has 0 aliphatic rings. The van der Waals surface area contributed by atoms with Crippen LogP contribution in [0.1, 0.15) is 21.7 Å².